The van der Waals surface area contributed by atoms with Gasteiger partial charge in [0, 0.05) is 11.6 Å². The Balaban J connectivity index is 3.51. The fourth-order valence-corrected chi connectivity index (χ4v) is 2.21. The molecule has 8 nitrogen and oxygen atoms in total. The molecule has 0 heterocycles. The Bertz CT molecular complexity index is 625. The van der Waals surface area contributed by atoms with Crippen molar-refractivity contribution in [2.24, 2.45) is 5.14 Å². The number of rotatable bonds is 5. The molecular weight excluding hydrogens is 276 g/mol. The number of nitro groups is 1. The average Bonchev–Trinajstić information content (AvgIpc) is 2.28. The van der Waals surface area contributed by atoms with E-state index in [9.17, 15) is 23.3 Å². The summed E-state index contributed by atoms with van der Waals surface area (Å²) in [4.78, 5) is 20.7. The van der Waals surface area contributed by atoms with Gasteiger partial charge in [-0.2, -0.15) is 0 Å². The summed E-state index contributed by atoms with van der Waals surface area (Å²) in [6, 6.07) is 2.94. The molecule has 104 valence electrons. The monoisotopic (exact) mass is 288 g/mol. The molecule has 1 aromatic carbocycles. The van der Waals surface area contributed by atoms with Crippen molar-refractivity contribution < 1.29 is 23.2 Å². The molecule has 3 N–H and O–H groups in total. The van der Waals surface area contributed by atoms with Gasteiger partial charge in [-0.15, -0.1) is 0 Å². The van der Waals surface area contributed by atoms with E-state index in [4.69, 9.17) is 10.2 Å². The van der Waals surface area contributed by atoms with Gasteiger partial charge in [0.1, 0.15) is 0 Å². The highest BCUT2D eigenvalue weighted by atomic mass is 32.2. The normalized spacial score (nSPS) is 12.9. The van der Waals surface area contributed by atoms with Crippen LogP contribution in [0.4, 0.5) is 5.69 Å². The first kappa shape index (κ1) is 15.1. The average molecular weight is 288 g/mol. The lowest BCUT2D eigenvalue weighted by atomic mass is 9.95. The van der Waals surface area contributed by atoms with E-state index in [2.05, 4.69) is 0 Å². The fraction of sp³-hybridized carbons (Fsp3) is 0.300. The number of sulfonamides is 1. The standard InChI is InChI=1S/C10H12N2O6S/c1-2-7(10(13)14)8-4-3-6(19(11,17)18)5-9(8)12(15)16/h3-5,7H,2H2,1H3,(H,13,14)(H2,11,17,18). The number of nitro benzene ring substituents is 1. The lowest BCUT2D eigenvalue weighted by Crippen LogP contribution is -2.15. The molecule has 0 radical (unpaired) electrons. The molecule has 19 heavy (non-hydrogen) atoms. The number of primary sulfonamides is 1. The molecule has 0 amide bonds. The van der Waals surface area contributed by atoms with Gasteiger partial charge in [-0.3, -0.25) is 14.9 Å². The van der Waals surface area contributed by atoms with Crippen molar-refractivity contribution in [3.63, 3.8) is 0 Å². The summed E-state index contributed by atoms with van der Waals surface area (Å²) in [6.07, 6.45) is 0.144. The molecule has 9 heteroatoms. The number of hydrogen-bond acceptors (Lipinski definition) is 5. The predicted molar refractivity (Wildman–Crippen MR) is 65.1 cm³/mol. The van der Waals surface area contributed by atoms with E-state index in [-0.39, 0.29) is 12.0 Å². The minimum atomic E-state index is -4.08. The van der Waals surface area contributed by atoms with Crippen LogP contribution in [0.2, 0.25) is 0 Å². The first-order chi connectivity index (χ1) is 8.68. The first-order valence-electron chi connectivity index (χ1n) is 5.22. The number of carboxylic acids is 1. The summed E-state index contributed by atoms with van der Waals surface area (Å²) in [5.74, 6) is -2.29. The predicted octanol–water partition coefficient (Wildman–Crippen LogP) is 0.820. The molecule has 0 bridgehead atoms. The van der Waals surface area contributed by atoms with Crippen LogP contribution in [-0.4, -0.2) is 24.4 Å². The zero-order valence-corrected chi connectivity index (χ0v) is 10.8. The highest BCUT2D eigenvalue weighted by Crippen LogP contribution is 2.31. The zero-order valence-electron chi connectivity index (χ0n) is 9.94. The minimum Gasteiger partial charge on any atom is -0.481 e. The summed E-state index contributed by atoms with van der Waals surface area (Å²) in [5, 5.41) is 24.8. The third-order valence-electron chi connectivity index (χ3n) is 2.61. The molecule has 0 fully saturated rings. The number of hydrogen-bond donors (Lipinski definition) is 2. The molecule has 1 aromatic rings. The third kappa shape index (κ3) is 3.26. The van der Waals surface area contributed by atoms with Gasteiger partial charge in [-0.25, -0.2) is 13.6 Å². The molecule has 1 atom stereocenters. The Morgan fingerprint density at radius 1 is 1.53 bits per heavy atom. The van der Waals surface area contributed by atoms with Crippen LogP contribution >= 0.6 is 0 Å². The van der Waals surface area contributed by atoms with Crippen molar-refractivity contribution in [3.05, 3.63) is 33.9 Å². The Kier molecular flexibility index (Phi) is 4.22. The maximum Gasteiger partial charge on any atom is 0.311 e. The van der Waals surface area contributed by atoms with Gasteiger partial charge in [0.2, 0.25) is 10.0 Å². The Morgan fingerprint density at radius 3 is 2.47 bits per heavy atom. The molecule has 0 saturated carbocycles. The van der Waals surface area contributed by atoms with E-state index in [1.165, 1.54) is 0 Å². The lowest BCUT2D eigenvalue weighted by Gasteiger charge is -2.11. The Hall–Kier alpha value is -2.00. The molecule has 0 aliphatic heterocycles. The summed E-state index contributed by atoms with van der Waals surface area (Å²) in [5.41, 5.74) is -0.617. The van der Waals surface area contributed by atoms with Crippen molar-refractivity contribution in [2.45, 2.75) is 24.2 Å². The molecule has 0 aliphatic rings. The second-order valence-corrected chi connectivity index (χ2v) is 5.38. The molecule has 0 saturated heterocycles. The summed E-state index contributed by atoms with van der Waals surface area (Å²) in [7, 11) is -4.08. The lowest BCUT2D eigenvalue weighted by molar-refractivity contribution is -0.385. The Labute approximate surface area is 109 Å². The van der Waals surface area contributed by atoms with Crippen LogP contribution < -0.4 is 5.14 Å². The van der Waals surface area contributed by atoms with Gasteiger partial charge in [0.25, 0.3) is 5.69 Å². The molecule has 1 rings (SSSR count). The van der Waals surface area contributed by atoms with Crippen LogP contribution in [0.3, 0.4) is 0 Å². The number of benzene rings is 1. The van der Waals surface area contributed by atoms with Gasteiger partial charge < -0.3 is 5.11 Å². The molecule has 0 spiro atoms. The number of nitrogens with zero attached hydrogens (tertiary/aromatic N) is 1. The summed E-state index contributed by atoms with van der Waals surface area (Å²) >= 11 is 0. The highest BCUT2D eigenvalue weighted by Gasteiger charge is 2.27. The van der Waals surface area contributed by atoms with Gasteiger partial charge in [0.05, 0.1) is 15.7 Å². The summed E-state index contributed by atoms with van der Waals surface area (Å²) in [6.45, 7) is 1.57. The molecular formula is C10H12N2O6S. The smallest absolute Gasteiger partial charge is 0.311 e. The topological polar surface area (TPSA) is 141 Å². The summed E-state index contributed by atoms with van der Waals surface area (Å²) < 4.78 is 22.3. The first-order valence-corrected chi connectivity index (χ1v) is 6.77. The van der Waals surface area contributed by atoms with E-state index in [0.717, 1.165) is 18.2 Å². The van der Waals surface area contributed by atoms with Gasteiger partial charge in [0.15, 0.2) is 0 Å². The van der Waals surface area contributed by atoms with Crippen LogP contribution in [-0.2, 0) is 14.8 Å². The largest absolute Gasteiger partial charge is 0.481 e. The van der Waals surface area contributed by atoms with Crippen molar-refractivity contribution in [3.8, 4) is 0 Å². The van der Waals surface area contributed by atoms with Crippen LogP contribution in [0.15, 0.2) is 23.1 Å². The van der Waals surface area contributed by atoms with Gasteiger partial charge in [-0.1, -0.05) is 6.92 Å². The second-order valence-electron chi connectivity index (χ2n) is 3.82. The second kappa shape index (κ2) is 5.33. The van der Waals surface area contributed by atoms with Crippen molar-refractivity contribution >= 4 is 21.7 Å². The van der Waals surface area contributed by atoms with Crippen molar-refractivity contribution in [1.29, 1.82) is 0 Å². The maximum absolute atomic E-state index is 11.1. The maximum atomic E-state index is 11.1. The van der Waals surface area contributed by atoms with Crippen LogP contribution in [0.25, 0.3) is 0 Å². The zero-order chi connectivity index (χ0) is 14.8. The fourth-order valence-electron chi connectivity index (χ4n) is 1.68. The van der Waals surface area contributed by atoms with E-state index >= 15 is 0 Å². The quantitative estimate of drug-likeness (QED) is 0.607. The van der Waals surface area contributed by atoms with Gasteiger partial charge >= 0.3 is 5.97 Å². The highest BCUT2D eigenvalue weighted by molar-refractivity contribution is 7.89. The third-order valence-corrected chi connectivity index (χ3v) is 3.52. The van der Waals surface area contributed by atoms with Crippen LogP contribution in [0, 0.1) is 10.1 Å². The number of carboxylic acid groups (broad SMARTS) is 1. The number of nitrogens with two attached hydrogens (primary N) is 1. The van der Waals surface area contributed by atoms with Gasteiger partial charge in [-0.05, 0) is 18.6 Å². The van der Waals surface area contributed by atoms with E-state index in [1.807, 2.05) is 0 Å². The SMILES string of the molecule is CCC(C(=O)O)c1ccc(S(N)(=O)=O)cc1[N+](=O)[O-]. The van der Waals surface area contributed by atoms with Crippen LogP contribution in [0.1, 0.15) is 24.8 Å². The minimum absolute atomic E-state index is 0.0487. The Morgan fingerprint density at radius 2 is 2.11 bits per heavy atom. The molecule has 0 aromatic heterocycles. The van der Waals surface area contributed by atoms with E-state index in [0.29, 0.717) is 0 Å². The van der Waals surface area contributed by atoms with Crippen LogP contribution in [0.5, 0.6) is 0 Å². The number of aliphatic carboxylic acids is 1. The van der Waals surface area contributed by atoms with E-state index in [1.54, 1.807) is 6.92 Å². The molecule has 0 aliphatic carbocycles. The number of carbonyl (C=O) groups is 1. The molecule has 1 unspecified atom stereocenters. The van der Waals surface area contributed by atoms with Crippen molar-refractivity contribution in [1.82, 2.24) is 0 Å². The van der Waals surface area contributed by atoms with E-state index < -0.39 is 37.4 Å². The van der Waals surface area contributed by atoms with Crippen molar-refractivity contribution in [2.75, 3.05) is 0 Å².